The van der Waals surface area contributed by atoms with Gasteiger partial charge in [-0.2, -0.15) is 0 Å². The minimum absolute atomic E-state index is 0.396. The van der Waals surface area contributed by atoms with Gasteiger partial charge in [0, 0.05) is 16.3 Å². The molecular formula is C14H14ClNO2. The number of halogens is 1. The molecule has 0 aromatic heterocycles. The molecule has 2 aromatic rings. The van der Waals surface area contributed by atoms with E-state index in [9.17, 15) is 0 Å². The third-order valence-electron chi connectivity index (χ3n) is 2.52. The summed E-state index contributed by atoms with van der Waals surface area (Å²) in [5.74, 6) is 1.51. The zero-order chi connectivity index (χ0) is 13.0. The molecule has 0 saturated carbocycles. The van der Waals surface area contributed by atoms with Crippen molar-refractivity contribution in [2.24, 2.45) is 0 Å². The number of rotatable bonds is 4. The van der Waals surface area contributed by atoms with E-state index in [0.29, 0.717) is 17.3 Å². The molecule has 0 spiro atoms. The topological polar surface area (TPSA) is 44.5 Å². The van der Waals surface area contributed by atoms with Gasteiger partial charge in [0.05, 0.1) is 7.11 Å². The first kappa shape index (κ1) is 12.6. The smallest absolute Gasteiger partial charge is 0.125 e. The van der Waals surface area contributed by atoms with Crippen LogP contribution in [0.5, 0.6) is 11.5 Å². The highest BCUT2D eigenvalue weighted by Crippen LogP contribution is 2.24. The van der Waals surface area contributed by atoms with Crippen molar-refractivity contribution in [1.82, 2.24) is 0 Å². The van der Waals surface area contributed by atoms with Crippen LogP contribution in [0.15, 0.2) is 42.5 Å². The van der Waals surface area contributed by atoms with Crippen LogP contribution < -0.4 is 15.2 Å². The molecule has 0 unspecified atom stereocenters. The lowest BCUT2D eigenvalue weighted by atomic mass is 10.2. The van der Waals surface area contributed by atoms with E-state index in [2.05, 4.69) is 0 Å². The highest BCUT2D eigenvalue weighted by Gasteiger charge is 2.04. The third kappa shape index (κ3) is 3.08. The SMILES string of the molecule is COc1ccc(Cl)cc1COc1ccc(N)cc1. The molecule has 0 aliphatic carbocycles. The first-order valence-corrected chi connectivity index (χ1v) is 5.87. The molecule has 4 heteroatoms. The first-order chi connectivity index (χ1) is 8.69. The summed E-state index contributed by atoms with van der Waals surface area (Å²) in [4.78, 5) is 0. The Labute approximate surface area is 111 Å². The second-order valence-corrected chi connectivity index (χ2v) is 4.25. The number of benzene rings is 2. The van der Waals surface area contributed by atoms with Crippen LogP contribution in [0.3, 0.4) is 0 Å². The van der Waals surface area contributed by atoms with Crippen molar-refractivity contribution in [3.8, 4) is 11.5 Å². The summed E-state index contributed by atoms with van der Waals surface area (Å²) in [6.07, 6.45) is 0. The van der Waals surface area contributed by atoms with Gasteiger partial charge in [-0.1, -0.05) is 11.6 Å². The van der Waals surface area contributed by atoms with Crippen molar-refractivity contribution in [3.63, 3.8) is 0 Å². The maximum Gasteiger partial charge on any atom is 0.125 e. The monoisotopic (exact) mass is 263 g/mol. The van der Waals surface area contributed by atoms with Crippen molar-refractivity contribution in [3.05, 3.63) is 53.1 Å². The van der Waals surface area contributed by atoms with Gasteiger partial charge in [-0.3, -0.25) is 0 Å². The van der Waals surface area contributed by atoms with E-state index in [-0.39, 0.29) is 0 Å². The van der Waals surface area contributed by atoms with Crippen LogP contribution in [0.1, 0.15) is 5.56 Å². The van der Waals surface area contributed by atoms with Crippen molar-refractivity contribution >= 4 is 17.3 Å². The van der Waals surface area contributed by atoms with Gasteiger partial charge < -0.3 is 15.2 Å². The second kappa shape index (κ2) is 5.65. The van der Waals surface area contributed by atoms with Crippen molar-refractivity contribution in [1.29, 1.82) is 0 Å². The summed E-state index contributed by atoms with van der Waals surface area (Å²) in [5, 5.41) is 0.659. The average molecular weight is 264 g/mol. The molecule has 3 nitrogen and oxygen atoms in total. The summed E-state index contributed by atoms with van der Waals surface area (Å²) >= 11 is 5.95. The zero-order valence-corrected chi connectivity index (χ0v) is 10.8. The maximum atomic E-state index is 5.95. The van der Waals surface area contributed by atoms with Gasteiger partial charge in [0.1, 0.15) is 18.1 Å². The van der Waals surface area contributed by atoms with Crippen LogP contribution in [0.4, 0.5) is 5.69 Å². The number of hydrogen-bond donors (Lipinski definition) is 1. The molecule has 2 N–H and O–H groups in total. The molecule has 0 atom stereocenters. The fourth-order valence-electron chi connectivity index (χ4n) is 1.59. The van der Waals surface area contributed by atoms with Crippen molar-refractivity contribution < 1.29 is 9.47 Å². The predicted molar refractivity (Wildman–Crippen MR) is 73.2 cm³/mol. The predicted octanol–water partition coefficient (Wildman–Crippen LogP) is 3.51. The van der Waals surface area contributed by atoms with E-state index < -0.39 is 0 Å². The van der Waals surface area contributed by atoms with Gasteiger partial charge in [0.2, 0.25) is 0 Å². The number of nitrogens with two attached hydrogens (primary N) is 1. The van der Waals surface area contributed by atoms with E-state index in [1.54, 1.807) is 25.3 Å². The van der Waals surface area contributed by atoms with Gasteiger partial charge in [-0.05, 0) is 42.5 Å². The third-order valence-corrected chi connectivity index (χ3v) is 2.75. The summed E-state index contributed by atoms with van der Waals surface area (Å²) in [6.45, 7) is 0.396. The molecule has 2 rings (SSSR count). The van der Waals surface area contributed by atoms with Gasteiger partial charge >= 0.3 is 0 Å². The molecule has 0 aliphatic rings. The number of anilines is 1. The Bertz CT molecular complexity index is 526. The van der Waals surface area contributed by atoms with Crippen LogP contribution in [0, 0.1) is 0 Å². The van der Waals surface area contributed by atoms with Crippen LogP contribution in [-0.4, -0.2) is 7.11 Å². The van der Waals surface area contributed by atoms with E-state index in [4.69, 9.17) is 26.8 Å². The lowest BCUT2D eigenvalue weighted by molar-refractivity contribution is 0.297. The lowest BCUT2D eigenvalue weighted by Crippen LogP contribution is -1.99. The largest absolute Gasteiger partial charge is 0.496 e. The Morgan fingerprint density at radius 1 is 1.11 bits per heavy atom. The van der Waals surface area contributed by atoms with Crippen LogP contribution in [0.2, 0.25) is 5.02 Å². The quantitative estimate of drug-likeness (QED) is 0.859. The molecule has 0 aliphatic heterocycles. The molecule has 0 bridgehead atoms. The molecule has 0 radical (unpaired) electrons. The fraction of sp³-hybridized carbons (Fsp3) is 0.143. The number of nitrogen functional groups attached to an aromatic ring is 1. The van der Waals surface area contributed by atoms with Gasteiger partial charge in [-0.15, -0.1) is 0 Å². The Morgan fingerprint density at radius 2 is 1.83 bits per heavy atom. The van der Waals surface area contributed by atoms with Crippen LogP contribution >= 0.6 is 11.6 Å². The second-order valence-electron chi connectivity index (χ2n) is 3.81. The highest BCUT2D eigenvalue weighted by molar-refractivity contribution is 6.30. The maximum absolute atomic E-state index is 5.95. The molecule has 94 valence electrons. The van der Waals surface area contributed by atoms with E-state index >= 15 is 0 Å². The Morgan fingerprint density at radius 3 is 2.50 bits per heavy atom. The molecule has 2 aromatic carbocycles. The highest BCUT2D eigenvalue weighted by atomic mass is 35.5. The molecular weight excluding hydrogens is 250 g/mol. The first-order valence-electron chi connectivity index (χ1n) is 5.50. The molecule has 0 saturated heterocycles. The van der Waals surface area contributed by atoms with Gasteiger partial charge in [0.25, 0.3) is 0 Å². The Hall–Kier alpha value is -1.87. The van der Waals surface area contributed by atoms with Crippen molar-refractivity contribution in [2.45, 2.75) is 6.61 Å². The Balaban J connectivity index is 2.09. The molecule has 0 heterocycles. The summed E-state index contributed by atoms with van der Waals surface area (Å²) in [7, 11) is 1.62. The minimum atomic E-state index is 0.396. The molecule has 0 fully saturated rings. The molecule has 0 amide bonds. The molecule has 18 heavy (non-hydrogen) atoms. The standard InChI is InChI=1S/C14H14ClNO2/c1-17-14-7-2-11(15)8-10(14)9-18-13-5-3-12(16)4-6-13/h2-8H,9,16H2,1H3. The van der Waals surface area contributed by atoms with Crippen LogP contribution in [0.25, 0.3) is 0 Å². The van der Waals surface area contributed by atoms with Crippen molar-refractivity contribution in [2.75, 3.05) is 12.8 Å². The Kier molecular flexibility index (Phi) is 3.95. The van der Waals surface area contributed by atoms with Crippen LogP contribution in [-0.2, 0) is 6.61 Å². The average Bonchev–Trinajstić information content (AvgIpc) is 2.38. The number of methoxy groups -OCH3 is 1. The van der Waals surface area contributed by atoms with E-state index in [0.717, 1.165) is 17.1 Å². The van der Waals surface area contributed by atoms with E-state index in [1.165, 1.54) is 0 Å². The van der Waals surface area contributed by atoms with E-state index in [1.807, 2.05) is 24.3 Å². The summed E-state index contributed by atoms with van der Waals surface area (Å²) in [6, 6.07) is 12.7. The van der Waals surface area contributed by atoms with Gasteiger partial charge in [0.15, 0.2) is 0 Å². The summed E-state index contributed by atoms with van der Waals surface area (Å²) < 4.78 is 10.9. The van der Waals surface area contributed by atoms with Gasteiger partial charge in [-0.25, -0.2) is 0 Å². The lowest BCUT2D eigenvalue weighted by Gasteiger charge is -2.10. The number of hydrogen-bond acceptors (Lipinski definition) is 3. The number of ether oxygens (including phenoxy) is 2. The minimum Gasteiger partial charge on any atom is -0.496 e. The normalized spacial score (nSPS) is 10.1. The fourth-order valence-corrected chi connectivity index (χ4v) is 1.78. The summed E-state index contributed by atoms with van der Waals surface area (Å²) in [5.41, 5.74) is 7.22. The zero-order valence-electron chi connectivity index (χ0n) is 10.0.